The fourth-order valence-electron chi connectivity index (χ4n) is 4.80. The molecule has 3 N–H and O–H groups in total. The van der Waals surface area contributed by atoms with Gasteiger partial charge in [0.2, 0.25) is 5.95 Å². The number of alkyl halides is 3. The normalized spacial score (nSPS) is 17.4. The molecule has 0 spiro atoms. The molecule has 3 heterocycles. The Morgan fingerprint density at radius 2 is 1.86 bits per heavy atom. The van der Waals surface area contributed by atoms with Crippen molar-refractivity contribution in [1.29, 1.82) is 0 Å². The molecule has 9 nitrogen and oxygen atoms in total. The molecule has 2 aromatic heterocycles. The number of hydrogen-bond donors (Lipinski definition) is 3. The third-order valence-electron chi connectivity index (χ3n) is 5.83. The summed E-state index contributed by atoms with van der Waals surface area (Å²) in [5.41, 5.74) is -1.21. The summed E-state index contributed by atoms with van der Waals surface area (Å²) in [6, 6.07) is 3.16. The van der Waals surface area contributed by atoms with Gasteiger partial charge in [0.15, 0.2) is 11.6 Å². The molecule has 0 amide bonds. The molecule has 1 saturated heterocycles. The molecule has 200 valence electrons. The average molecular weight is 523 g/mol. The Morgan fingerprint density at radius 3 is 2.51 bits per heavy atom. The van der Waals surface area contributed by atoms with Crippen molar-refractivity contribution in [3.05, 3.63) is 48.2 Å². The van der Waals surface area contributed by atoms with Crippen molar-refractivity contribution in [3.8, 4) is 5.75 Å². The van der Waals surface area contributed by atoms with Crippen molar-refractivity contribution in [3.63, 3.8) is 0 Å². The van der Waals surface area contributed by atoms with E-state index in [1.807, 2.05) is 0 Å². The van der Waals surface area contributed by atoms with Crippen LogP contribution in [0.2, 0.25) is 0 Å². The molecule has 3 aromatic rings. The molecule has 1 aromatic carbocycles. The number of benzene rings is 1. The molecule has 4 rings (SSSR count). The Hall–Kier alpha value is -3.48. The van der Waals surface area contributed by atoms with Gasteiger partial charge in [-0.1, -0.05) is 5.21 Å². The lowest BCUT2D eigenvalue weighted by Crippen LogP contribution is -2.60. The van der Waals surface area contributed by atoms with E-state index in [2.05, 4.69) is 63.9 Å². The molecule has 13 heteroatoms. The first-order valence-electron chi connectivity index (χ1n) is 11.8. The van der Waals surface area contributed by atoms with E-state index in [-0.39, 0.29) is 46.9 Å². The molecule has 0 aliphatic carbocycles. The number of nitrogens with zero attached hydrogens (tertiary/aromatic N) is 5. The van der Waals surface area contributed by atoms with Gasteiger partial charge in [-0.05, 0) is 52.7 Å². The average Bonchev–Trinajstić information content (AvgIpc) is 3.27. The SMILES string of the molecule is CC1(C)CC(Nc2nc(Nc3cc(OCCn4ccnn4)cc(C(F)(F)F)c3)ncc2F)CC(C)(C)N1. The van der Waals surface area contributed by atoms with Crippen molar-refractivity contribution in [2.24, 2.45) is 0 Å². The summed E-state index contributed by atoms with van der Waals surface area (Å²) in [4.78, 5) is 8.12. The van der Waals surface area contributed by atoms with Crippen LogP contribution < -0.4 is 20.7 Å². The van der Waals surface area contributed by atoms with Crippen LogP contribution in [0.15, 0.2) is 36.8 Å². The molecule has 1 aliphatic rings. The van der Waals surface area contributed by atoms with Gasteiger partial charge >= 0.3 is 6.18 Å². The van der Waals surface area contributed by atoms with Gasteiger partial charge in [0.25, 0.3) is 0 Å². The molecule has 37 heavy (non-hydrogen) atoms. The summed E-state index contributed by atoms with van der Waals surface area (Å²) in [6.45, 7) is 8.68. The Labute approximate surface area is 212 Å². The fraction of sp³-hybridized carbons (Fsp3) is 0.500. The topological polar surface area (TPSA) is 102 Å². The second-order valence-corrected chi connectivity index (χ2v) is 10.4. The lowest BCUT2D eigenvalue weighted by Gasteiger charge is -2.46. The highest BCUT2D eigenvalue weighted by atomic mass is 19.4. The Kier molecular flexibility index (Phi) is 7.27. The predicted molar refractivity (Wildman–Crippen MR) is 130 cm³/mol. The van der Waals surface area contributed by atoms with Crippen LogP contribution in [0.3, 0.4) is 0 Å². The van der Waals surface area contributed by atoms with Crippen molar-refractivity contribution in [1.82, 2.24) is 30.3 Å². The van der Waals surface area contributed by atoms with Gasteiger partial charge in [-0.15, -0.1) is 5.10 Å². The van der Waals surface area contributed by atoms with Crippen molar-refractivity contribution in [2.45, 2.75) is 70.4 Å². The van der Waals surface area contributed by atoms with Crippen molar-refractivity contribution < 1.29 is 22.3 Å². The number of aromatic nitrogens is 5. The molecule has 0 bridgehead atoms. The van der Waals surface area contributed by atoms with Gasteiger partial charge in [-0.25, -0.2) is 14.1 Å². The number of rotatable bonds is 8. The summed E-state index contributed by atoms with van der Waals surface area (Å²) >= 11 is 0. The van der Waals surface area contributed by atoms with Gasteiger partial charge in [0, 0.05) is 35.1 Å². The number of halogens is 4. The first kappa shape index (κ1) is 26.6. The molecule has 0 unspecified atom stereocenters. The van der Waals surface area contributed by atoms with Crippen LogP contribution in [0.25, 0.3) is 0 Å². The second kappa shape index (κ2) is 10.1. The zero-order valence-corrected chi connectivity index (χ0v) is 21.0. The zero-order chi connectivity index (χ0) is 26.8. The minimum Gasteiger partial charge on any atom is -0.492 e. The third kappa shape index (κ3) is 7.28. The Morgan fingerprint density at radius 1 is 1.14 bits per heavy atom. The van der Waals surface area contributed by atoms with E-state index < -0.39 is 17.6 Å². The minimum absolute atomic E-state index is 0.00271. The maximum Gasteiger partial charge on any atom is 0.416 e. The molecular weight excluding hydrogens is 492 g/mol. The maximum atomic E-state index is 14.6. The standard InChI is InChI=1S/C24H30F4N8O/c1-22(2)12-17(13-23(3,4)34-22)31-20-19(25)14-29-21(33-20)32-16-9-15(24(26,27)28)10-18(11-16)37-8-7-36-6-5-30-35-36/h5-6,9-11,14,17,34H,7-8,12-13H2,1-4H3,(H2,29,31,32,33). The van der Waals surface area contributed by atoms with Gasteiger partial charge in [0.05, 0.1) is 24.5 Å². The van der Waals surface area contributed by atoms with E-state index in [1.165, 1.54) is 16.9 Å². The highest BCUT2D eigenvalue weighted by Gasteiger charge is 2.38. The monoisotopic (exact) mass is 522 g/mol. The number of nitrogens with one attached hydrogen (secondary N) is 3. The van der Waals surface area contributed by atoms with Crippen LogP contribution in [0.1, 0.15) is 46.1 Å². The van der Waals surface area contributed by atoms with Gasteiger partial charge in [-0.2, -0.15) is 18.2 Å². The highest BCUT2D eigenvalue weighted by Crippen LogP contribution is 2.35. The lowest BCUT2D eigenvalue weighted by molar-refractivity contribution is -0.137. The number of ether oxygens (including phenoxy) is 1. The largest absolute Gasteiger partial charge is 0.492 e. The minimum atomic E-state index is -4.60. The molecule has 1 aliphatic heterocycles. The van der Waals surface area contributed by atoms with Crippen molar-refractivity contribution >= 4 is 17.5 Å². The van der Waals surface area contributed by atoms with Crippen LogP contribution in [-0.2, 0) is 12.7 Å². The van der Waals surface area contributed by atoms with E-state index in [0.717, 1.165) is 31.2 Å². The fourth-order valence-corrected chi connectivity index (χ4v) is 4.80. The lowest BCUT2D eigenvalue weighted by atomic mass is 9.79. The number of piperidine rings is 1. The van der Waals surface area contributed by atoms with E-state index in [9.17, 15) is 17.6 Å². The summed E-state index contributed by atoms with van der Waals surface area (Å²) in [7, 11) is 0. The Balaban J connectivity index is 1.52. The van der Waals surface area contributed by atoms with E-state index in [1.54, 1.807) is 6.20 Å². The summed E-state index contributed by atoms with van der Waals surface area (Å²) in [5.74, 6) is -0.727. The first-order chi connectivity index (χ1) is 17.3. The predicted octanol–water partition coefficient (Wildman–Crippen LogP) is 4.77. The number of hydrogen-bond acceptors (Lipinski definition) is 8. The van der Waals surface area contributed by atoms with Gasteiger partial charge in [-0.3, -0.25) is 0 Å². The van der Waals surface area contributed by atoms with Gasteiger partial charge in [0.1, 0.15) is 12.4 Å². The summed E-state index contributed by atoms with van der Waals surface area (Å²) in [6.07, 6.45) is 0.943. The van der Waals surface area contributed by atoms with Crippen LogP contribution in [0.5, 0.6) is 5.75 Å². The van der Waals surface area contributed by atoms with Crippen LogP contribution >= 0.6 is 0 Å². The molecule has 0 saturated carbocycles. The van der Waals surface area contributed by atoms with Crippen LogP contribution in [0, 0.1) is 5.82 Å². The maximum absolute atomic E-state index is 14.6. The summed E-state index contributed by atoms with van der Waals surface area (Å²) in [5, 5.41) is 16.9. The van der Waals surface area contributed by atoms with Gasteiger partial charge < -0.3 is 20.7 Å². The smallest absolute Gasteiger partial charge is 0.416 e. The molecule has 0 radical (unpaired) electrons. The van der Waals surface area contributed by atoms with E-state index in [4.69, 9.17) is 4.74 Å². The molecule has 0 atom stereocenters. The molecular formula is C24H30F4N8O. The Bertz CT molecular complexity index is 1200. The third-order valence-corrected chi connectivity index (χ3v) is 5.83. The second-order valence-electron chi connectivity index (χ2n) is 10.4. The van der Waals surface area contributed by atoms with Crippen molar-refractivity contribution in [2.75, 3.05) is 17.2 Å². The zero-order valence-electron chi connectivity index (χ0n) is 21.0. The number of anilines is 3. The quantitative estimate of drug-likeness (QED) is 0.364. The highest BCUT2D eigenvalue weighted by molar-refractivity contribution is 5.59. The first-order valence-corrected chi connectivity index (χ1v) is 11.8. The van der Waals surface area contributed by atoms with E-state index >= 15 is 0 Å². The molecule has 1 fully saturated rings. The van der Waals surface area contributed by atoms with E-state index in [0.29, 0.717) is 6.54 Å². The summed E-state index contributed by atoms with van der Waals surface area (Å²) < 4.78 is 62.2. The van der Waals surface area contributed by atoms with Crippen LogP contribution in [-0.4, -0.2) is 48.7 Å². The van der Waals surface area contributed by atoms with Crippen LogP contribution in [0.4, 0.5) is 35.0 Å².